The van der Waals surface area contributed by atoms with Gasteiger partial charge in [0, 0.05) is 15.1 Å². The summed E-state index contributed by atoms with van der Waals surface area (Å²) >= 11 is 8.42. The topological polar surface area (TPSA) is 57.7 Å². The van der Waals surface area contributed by atoms with Crippen molar-refractivity contribution in [3.05, 3.63) is 98.3 Å². The molecule has 0 N–H and O–H groups in total. The highest BCUT2D eigenvalue weighted by Crippen LogP contribution is 2.29. The van der Waals surface area contributed by atoms with Gasteiger partial charge in [0.25, 0.3) is 11.8 Å². The molecule has 3 aromatic carbocycles. The minimum atomic E-state index is -1.08. The number of rotatable bonds is 5. The van der Waals surface area contributed by atoms with Gasteiger partial charge < -0.3 is 4.90 Å². The van der Waals surface area contributed by atoms with Gasteiger partial charge in [-0.1, -0.05) is 41.9 Å². The molecule has 1 aliphatic heterocycles. The van der Waals surface area contributed by atoms with E-state index in [1.807, 2.05) is 0 Å². The zero-order valence-corrected chi connectivity index (χ0v) is 19.6. The Morgan fingerprint density at radius 1 is 1.03 bits per heavy atom. The van der Waals surface area contributed by atoms with Crippen LogP contribution in [0.15, 0.2) is 72.8 Å². The molecule has 1 saturated heterocycles. The summed E-state index contributed by atoms with van der Waals surface area (Å²) in [5.41, 5.74) is 0.846. The predicted molar refractivity (Wildman–Crippen MR) is 128 cm³/mol. The van der Waals surface area contributed by atoms with Crippen LogP contribution in [0.4, 0.5) is 10.1 Å². The second kappa shape index (κ2) is 9.38. The molecule has 32 heavy (non-hydrogen) atoms. The molecule has 4 rings (SSSR count). The number of carbonyl (C=O) groups is 3. The van der Waals surface area contributed by atoms with Crippen molar-refractivity contribution in [3.63, 3.8) is 0 Å². The molecule has 162 valence electrons. The van der Waals surface area contributed by atoms with Gasteiger partial charge in [0.15, 0.2) is 0 Å². The molecular formula is C24H17ClFIN2O3. The molecule has 0 aromatic heterocycles. The number of carbonyl (C=O) groups excluding carboxylic acids is 3. The molecule has 3 aromatic rings. The zero-order chi connectivity index (χ0) is 22.8. The van der Waals surface area contributed by atoms with Crippen molar-refractivity contribution in [2.24, 2.45) is 0 Å². The van der Waals surface area contributed by atoms with E-state index in [9.17, 15) is 18.8 Å². The number of anilines is 1. The van der Waals surface area contributed by atoms with Crippen LogP contribution >= 0.6 is 34.2 Å². The largest absolute Gasteiger partial charge is 0.322 e. The summed E-state index contributed by atoms with van der Waals surface area (Å²) < 4.78 is 15.4. The number of hydrogen-bond donors (Lipinski definition) is 0. The molecule has 1 unspecified atom stereocenters. The zero-order valence-electron chi connectivity index (χ0n) is 16.7. The van der Waals surface area contributed by atoms with E-state index < -0.39 is 29.6 Å². The Bertz CT molecular complexity index is 1200. The third kappa shape index (κ3) is 4.40. The molecule has 0 radical (unpaired) electrons. The highest BCUT2D eigenvalue weighted by atomic mass is 127. The van der Waals surface area contributed by atoms with Gasteiger partial charge in [0.1, 0.15) is 11.9 Å². The Labute approximate surface area is 202 Å². The molecule has 1 atom stereocenters. The maximum Gasteiger partial charge on any atom is 0.257 e. The highest BCUT2D eigenvalue weighted by molar-refractivity contribution is 14.1. The summed E-state index contributed by atoms with van der Waals surface area (Å²) in [4.78, 5) is 41.8. The lowest BCUT2D eigenvalue weighted by Gasteiger charge is -2.28. The van der Waals surface area contributed by atoms with Gasteiger partial charge in [0.05, 0.1) is 17.7 Å². The SMILES string of the molecule is O=C1CC(N(Cc2ccccc2Cl)C(=O)c2ccccc2F)C(=O)N1c1ccc(I)cc1. The van der Waals surface area contributed by atoms with Gasteiger partial charge in [-0.3, -0.25) is 14.4 Å². The van der Waals surface area contributed by atoms with Gasteiger partial charge in [-0.15, -0.1) is 0 Å². The van der Waals surface area contributed by atoms with E-state index in [1.54, 1.807) is 54.6 Å². The third-order valence-electron chi connectivity index (χ3n) is 5.25. The molecule has 1 aliphatic rings. The first-order valence-corrected chi connectivity index (χ1v) is 11.2. The third-order valence-corrected chi connectivity index (χ3v) is 6.34. The summed E-state index contributed by atoms with van der Waals surface area (Å²) in [5, 5.41) is 0.407. The normalized spacial score (nSPS) is 15.8. The van der Waals surface area contributed by atoms with Crippen molar-refractivity contribution in [3.8, 4) is 0 Å². The van der Waals surface area contributed by atoms with Crippen molar-refractivity contribution in [1.82, 2.24) is 4.90 Å². The Balaban J connectivity index is 1.72. The number of amides is 3. The predicted octanol–water partition coefficient (Wildman–Crippen LogP) is 5.06. The van der Waals surface area contributed by atoms with Gasteiger partial charge in [0.2, 0.25) is 5.91 Å². The Morgan fingerprint density at radius 2 is 1.69 bits per heavy atom. The quantitative estimate of drug-likeness (QED) is 0.323. The van der Waals surface area contributed by atoms with Crippen LogP contribution in [0.3, 0.4) is 0 Å². The molecule has 0 aliphatic carbocycles. The lowest BCUT2D eigenvalue weighted by atomic mass is 10.1. The molecule has 1 fully saturated rings. The van der Waals surface area contributed by atoms with E-state index in [4.69, 9.17) is 11.6 Å². The smallest absolute Gasteiger partial charge is 0.257 e. The average molecular weight is 563 g/mol. The highest BCUT2D eigenvalue weighted by Gasteiger charge is 2.45. The van der Waals surface area contributed by atoms with Crippen molar-refractivity contribution in [2.75, 3.05) is 4.90 Å². The van der Waals surface area contributed by atoms with Crippen molar-refractivity contribution >= 4 is 57.6 Å². The summed E-state index contributed by atoms with van der Waals surface area (Å²) in [6.07, 6.45) is -0.199. The molecule has 8 heteroatoms. The Hall–Kier alpha value is -2.78. The molecular weight excluding hydrogens is 546 g/mol. The van der Waals surface area contributed by atoms with E-state index >= 15 is 0 Å². The fourth-order valence-corrected chi connectivity index (χ4v) is 4.20. The number of hydrogen-bond acceptors (Lipinski definition) is 3. The molecule has 0 saturated carbocycles. The number of halogens is 3. The first kappa shape index (κ1) is 22.4. The second-order valence-electron chi connectivity index (χ2n) is 7.27. The van der Waals surface area contributed by atoms with Crippen LogP contribution in [0.25, 0.3) is 0 Å². The number of benzene rings is 3. The van der Waals surface area contributed by atoms with Gasteiger partial charge in [-0.05, 0) is 70.6 Å². The molecule has 0 bridgehead atoms. The minimum absolute atomic E-state index is 0.0446. The number of nitrogens with zero attached hydrogens (tertiary/aromatic N) is 2. The van der Waals surface area contributed by atoms with Crippen LogP contribution in [0.1, 0.15) is 22.3 Å². The van der Waals surface area contributed by atoms with Crippen molar-refractivity contribution in [1.29, 1.82) is 0 Å². The fourth-order valence-electron chi connectivity index (χ4n) is 3.64. The lowest BCUT2D eigenvalue weighted by molar-refractivity contribution is -0.122. The van der Waals surface area contributed by atoms with Crippen LogP contribution in [0.2, 0.25) is 5.02 Å². The first-order valence-electron chi connectivity index (χ1n) is 9.78. The first-order chi connectivity index (χ1) is 15.4. The van der Waals surface area contributed by atoms with Gasteiger partial charge in [-0.25, -0.2) is 9.29 Å². The summed E-state index contributed by atoms with van der Waals surface area (Å²) in [6.45, 7) is -0.0446. The maximum absolute atomic E-state index is 14.4. The van der Waals surface area contributed by atoms with Crippen molar-refractivity contribution < 1.29 is 18.8 Å². The van der Waals surface area contributed by atoms with Crippen LogP contribution < -0.4 is 4.90 Å². The fraction of sp³-hybridized carbons (Fsp3) is 0.125. The Morgan fingerprint density at radius 3 is 2.38 bits per heavy atom. The van der Waals surface area contributed by atoms with Gasteiger partial charge >= 0.3 is 0 Å². The number of imide groups is 1. The molecule has 3 amide bonds. The maximum atomic E-state index is 14.4. The summed E-state index contributed by atoms with van der Waals surface area (Å²) in [7, 11) is 0. The van der Waals surface area contributed by atoms with Crippen LogP contribution in [0, 0.1) is 9.39 Å². The van der Waals surface area contributed by atoms with E-state index in [0.717, 1.165) is 8.47 Å². The van der Waals surface area contributed by atoms with Gasteiger partial charge in [-0.2, -0.15) is 0 Å². The standard InChI is InChI=1S/C24H17ClFIN2O3/c25-19-7-3-1-5-15(19)14-28(23(31)18-6-2-4-8-20(18)26)21-13-22(30)29(24(21)32)17-11-9-16(27)10-12-17/h1-12,21H,13-14H2. The lowest BCUT2D eigenvalue weighted by Crippen LogP contribution is -2.45. The van der Waals surface area contributed by atoms with E-state index in [-0.39, 0.29) is 18.5 Å². The van der Waals surface area contributed by atoms with E-state index in [2.05, 4.69) is 22.6 Å². The Kier molecular flexibility index (Phi) is 6.57. The summed E-state index contributed by atoms with van der Waals surface area (Å²) in [5.74, 6) is -2.34. The minimum Gasteiger partial charge on any atom is -0.322 e. The van der Waals surface area contributed by atoms with Crippen LogP contribution in [-0.2, 0) is 16.1 Å². The summed E-state index contributed by atoms with van der Waals surface area (Å²) in [6, 6.07) is 18.3. The molecule has 1 heterocycles. The second-order valence-corrected chi connectivity index (χ2v) is 8.92. The molecule has 0 spiro atoms. The monoisotopic (exact) mass is 562 g/mol. The van der Waals surface area contributed by atoms with Crippen molar-refractivity contribution in [2.45, 2.75) is 19.0 Å². The van der Waals surface area contributed by atoms with E-state index in [0.29, 0.717) is 16.3 Å². The van der Waals surface area contributed by atoms with E-state index in [1.165, 1.54) is 23.1 Å². The van der Waals surface area contributed by atoms with Crippen LogP contribution in [-0.4, -0.2) is 28.7 Å². The average Bonchev–Trinajstić information content (AvgIpc) is 3.07. The molecule has 5 nitrogen and oxygen atoms in total. The van der Waals surface area contributed by atoms with Crippen LogP contribution in [0.5, 0.6) is 0 Å².